The van der Waals surface area contributed by atoms with Crippen molar-refractivity contribution in [2.75, 3.05) is 27.1 Å². The molecule has 0 spiro atoms. The Morgan fingerprint density at radius 2 is 0.949 bits per heavy atom. The minimum atomic E-state index is -2.93. The zero-order valence-electron chi connectivity index (χ0n) is 49.3. The molecular weight excluding hydrogens is 1020 g/mol. The molecule has 0 aliphatic carbocycles. The van der Waals surface area contributed by atoms with Crippen LogP contribution >= 0.6 is 0 Å². The molecule has 6 aromatic rings. The van der Waals surface area contributed by atoms with Crippen LogP contribution in [0.1, 0.15) is 107 Å². The summed E-state index contributed by atoms with van der Waals surface area (Å²) in [5.41, 5.74) is 0.447. The number of hydrogen-bond acceptors (Lipinski definition) is 9. The SMILES string of the molecule is COCO[C@H](C(C[C@H](C)[C@H](O)[C@@H](OCc1ccccc1)[C@H](O)[C@]1(C)CC[C@H](C(C)(C)CO[Si](c2ccccc2)(c2ccccc2)C(C)(C)C)O1)OCc1ccccc1)[C@H](C)CO[Si](c1ccccc1)(c1ccccc1)C(C)(C)C. The highest BCUT2D eigenvalue weighted by molar-refractivity contribution is 7.00. The van der Waals surface area contributed by atoms with Gasteiger partial charge in [-0.25, -0.2) is 0 Å². The fourth-order valence-electron chi connectivity index (χ4n) is 12.1. The Hall–Kier alpha value is -4.61. The number of methoxy groups -OCH3 is 1. The van der Waals surface area contributed by atoms with Crippen LogP contribution < -0.4 is 20.7 Å². The first-order valence-electron chi connectivity index (χ1n) is 28.6. The zero-order valence-corrected chi connectivity index (χ0v) is 51.3. The maximum Gasteiger partial charge on any atom is 0.261 e. The summed E-state index contributed by atoms with van der Waals surface area (Å²) in [6, 6.07) is 62.8. The summed E-state index contributed by atoms with van der Waals surface area (Å²) < 4.78 is 48.3. The first-order chi connectivity index (χ1) is 37.7. The van der Waals surface area contributed by atoms with Gasteiger partial charge in [-0.3, -0.25) is 0 Å². The molecule has 0 radical (unpaired) electrons. The van der Waals surface area contributed by atoms with Gasteiger partial charge in [-0.1, -0.05) is 251 Å². The maximum atomic E-state index is 12.9. The molecule has 2 N–H and O–H groups in total. The summed E-state index contributed by atoms with van der Waals surface area (Å²) in [6.45, 7) is 25.7. The lowest BCUT2D eigenvalue weighted by atomic mass is 9.82. The molecule has 6 aromatic carbocycles. The second-order valence-electron chi connectivity index (χ2n) is 25.1. The topological polar surface area (TPSA) is 105 Å². The van der Waals surface area contributed by atoms with E-state index in [0.29, 0.717) is 39.1 Å². The van der Waals surface area contributed by atoms with Gasteiger partial charge >= 0.3 is 0 Å². The molecule has 1 saturated heterocycles. The third kappa shape index (κ3) is 14.7. The zero-order chi connectivity index (χ0) is 56.9. The minimum absolute atomic E-state index is 0.0357. The fourth-order valence-corrected chi connectivity index (χ4v) is 21.5. The summed E-state index contributed by atoms with van der Waals surface area (Å²) in [5.74, 6) is -0.643. The normalized spacial score (nSPS) is 19.3. The average Bonchev–Trinajstić information content (AvgIpc) is 3.91. The van der Waals surface area contributed by atoms with Crippen LogP contribution in [0.4, 0.5) is 0 Å². The van der Waals surface area contributed by atoms with Crippen LogP contribution in [0.5, 0.6) is 0 Å². The summed E-state index contributed by atoms with van der Waals surface area (Å²) in [5, 5.41) is 30.2. The second kappa shape index (κ2) is 27.4. The number of aliphatic hydroxyl groups is 2. The fraction of sp³-hybridized carbons (Fsp3) is 0.471. The van der Waals surface area contributed by atoms with Crippen LogP contribution in [-0.4, -0.2) is 96.2 Å². The van der Waals surface area contributed by atoms with E-state index in [0.717, 1.165) is 11.1 Å². The monoisotopic (exact) mass is 1110 g/mol. The molecule has 1 aliphatic rings. The highest BCUT2D eigenvalue weighted by Gasteiger charge is 2.55. The van der Waals surface area contributed by atoms with E-state index in [1.807, 2.05) is 62.4 Å². The van der Waals surface area contributed by atoms with Gasteiger partial charge in [0.25, 0.3) is 16.6 Å². The predicted octanol–water partition coefficient (Wildman–Crippen LogP) is 11.6. The van der Waals surface area contributed by atoms with E-state index in [1.165, 1.54) is 20.7 Å². The van der Waals surface area contributed by atoms with Crippen molar-refractivity contribution in [3.63, 3.8) is 0 Å². The Morgan fingerprint density at radius 1 is 0.544 bits per heavy atom. The van der Waals surface area contributed by atoms with Crippen molar-refractivity contribution in [3.05, 3.63) is 193 Å². The number of benzene rings is 6. The first kappa shape index (κ1) is 62.0. The molecule has 0 amide bonds. The van der Waals surface area contributed by atoms with E-state index in [4.69, 9.17) is 32.5 Å². The van der Waals surface area contributed by atoms with Crippen molar-refractivity contribution >= 4 is 37.4 Å². The average molecular weight is 1110 g/mol. The Bertz CT molecular complexity index is 2610. The Morgan fingerprint density at radius 3 is 1.37 bits per heavy atom. The molecule has 9 atom stereocenters. The van der Waals surface area contributed by atoms with Gasteiger partial charge in [-0.2, -0.15) is 0 Å². The third-order valence-corrected chi connectivity index (χ3v) is 26.6. The number of ether oxygens (including phenoxy) is 5. The van der Waals surface area contributed by atoms with E-state index in [9.17, 15) is 10.2 Å². The van der Waals surface area contributed by atoms with Crippen LogP contribution in [0.2, 0.25) is 10.1 Å². The summed E-state index contributed by atoms with van der Waals surface area (Å²) in [4.78, 5) is 0. The van der Waals surface area contributed by atoms with Crippen LogP contribution in [-0.2, 0) is 45.8 Å². The van der Waals surface area contributed by atoms with Crippen LogP contribution in [0.15, 0.2) is 182 Å². The van der Waals surface area contributed by atoms with Crippen molar-refractivity contribution in [2.45, 2.75) is 161 Å². The molecule has 11 heteroatoms. The summed E-state index contributed by atoms with van der Waals surface area (Å²) >= 11 is 0. The van der Waals surface area contributed by atoms with Crippen molar-refractivity contribution in [1.29, 1.82) is 0 Å². The van der Waals surface area contributed by atoms with Gasteiger partial charge in [0.2, 0.25) is 0 Å². The standard InChI is InChI=1S/C68H92O9Si2/c1-51(45-59(72-47-53-31-19-13-20-32-53)62(74-50-71-12)52(2)46-75-78(65(3,4)5,55-35-23-15-24-36-55)56-37-25-16-26-38-56)61(69)63(73-48-54-33-21-14-22-34-54)64(70)68(11)44-43-60(77-68)67(9,10)49-76-79(66(6,7)8,57-39-27-17-28-40-57)58-41-29-18-30-42-58/h13-42,51-52,59-64,69-70H,43-50H2,1-12H3/t51-,52+,59?,60+,61-,62-,63+,64-,68-/m0/s1. The van der Waals surface area contributed by atoms with Gasteiger partial charge in [-0.15, -0.1) is 0 Å². The molecule has 1 unspecified atom stereocenters. The molecule has 1 aliphatic heterocycles. The predicted molar refractivity (Wildman–Crippen MR) is 325 cm³/mol. The molecule has 0 aromatic heterocycles. The second-order valence-corrected chi connectivity index (χ2v) is 33.7. The van der Waals surface area contributed by atoms with Crippen molar-refractivity contribution < 1.29 is 42.7 Å². The Labute approximate surface area is 476 Å². The van der Waals surface area contributed by atoms with Crippen molar-refractivity contribution in [3.8, 4) is 0 Å². The third-order valence-electron chi connectivity index (χ3n) is 16.6. The Balaban J connectivity index is 1.16. The smallest absolute Gasteiger partial charge is 0.261 e. The lowest BCUT2D eigenvalue weighted by Gasteiger charge is -2.46. The van der Waals surface area contributed by atoms with E-state index >= 15 is 0 Å². The van der Waals surface area contributed by atoms with E-state index in [-0.39, 0.29) is 35.5 Å². The van der Waals surface area contributed by atoms with Gasteiger partial charge in [0.1, 0.15) is 19.0 Å². The maximum absolute atomic E-state index is 12.9. The van der Waals surface area contributed by atoms with Gasteiger partial charge < -0.3 is 42.7 Å². The number of hydrogen-bond donors (Lipinski definition) is 2. The summed E-state index contributed by atoms with van der Waals surface area (Å²) in [7, 11) is -4.15. The van der Waals surface area contributed by atoms with E-state index < -0.39 is 64.1 Å². The molecule has 0 bridgehead atoms. The van der Waals surface area contributed by atoms with Crippen LogP contribution in [0.3, 0.4) is 0 Å². The molecule has 79 heavy (non-hydrogen) atoms. The lowest BCUT2D eigenvalue weighted by Crippen LogP contribution is -2.67. The van der Waals surface area contributed by atoms with Gasteiger partial charge in [0, 0.05) is 31.7 Å². The van der Waals surface area contributed by atoms with Gasteiger partial charge in [0.05, 0.1) is 43.2 Å². The van der Waals surface area contributed by atoms with Gasteiger partial charge in [0.15, 0.2) is 0 Å². The summed E-state index contributed by atoms with van der Waals surface area (Å²) in [6.07, 6.45) is -3.05. The quantitative estimate of drug-likeness (QED) is 0.0367. The van der Waals surface area contributed by atoms with Gasteiger partial charge in [-0.05, 0) is 74.1 Å². The van der Waals surface area contributed by atoms with E-state index in [2.05, 4.69) is 196 Å². The Kier molecular flexibility index (Phi) is 21.5. The lowest BCUT2D eigenvalue weighted by molar-refractivity contribution is -0.204. The number of rotatable bonds is 28. The van der Waals surface area contributed by atoms with Crippen LogP contribution in [0.25, 0.3) is 0 Å². The molecule has 426 valence electrons. The van der Waals surface area contributed by atoms with Crippen molar-refractivity contribution in [1.82, 2.24) is 0 Å². The van der Waals surface area contributed by atoms with Crippen LogP contribution in [0, 0.1) is 17.3 Å². The first-order valence-corrected chi connectivity index (χ1v) is 32.4. The van der Waals surface area contributed by atoms with Crippen molar-refractivity contribution in [2.24, 2.45) is 17.3 Å². The highest BCUT2D eigenvalue weighted by Crippen LogP contribution is 2.45. The molecular formula is C68H92O9Si2. The molecule has 9 nitrogen and oxygen atoms in total. The largest absolute Gasteiger partial charge is 0.407 e. The molecule has 7 rings (SSSR count). The molecule has 1 fully saturated rings. The minimum Gasteiger partial charge on any atom is -0.407 e. The molecule has 1 heterocycles. The highest BCUT2D eigenvalue weighted by atomic mass is 28.4. The molecule has 0 saturated carbocycles. The number of aliphatic hydroxyl groups excluding tert-OH is 2. The van der Waals surface area contributed by atoms with E-state index in [1.54, 1.807) is 7.11 Å².